The van der Waals surface area contributed by atoms with E-state index in [1.165, 1.54) is 19.1 Å². The van der Waals surface area contributed by atoms with Crippen LogP contribution in [0.25, 0.3) is 0 Å². The van der Waals surface area contributed by atoms with Crippen molar-refractivity contribution in [1.29, 1.82) is 0 Å². The third-order valence-corrected chi connectivity index (χ3v) is 3.05. The lowest BCUT2D eigenvalue weighted by molar-refractivity contribution is -0.672. The molecule has 0 amide bonds. The maximum atomic E-state index is 8.57. The number of hydrogen-bond donors (Lipinski definition) is 1. The molecule has 0 bridgehead atoms. The van der Waals surface area contributed by atoms with Gasteiger partial charge in [0.1, 0.15) is 12.4 Å². The van der Waals surface area contributed by atoms with Gasteiger partial charge >= 0.3 is 5.82 Å². The molecule has 1 aromatic rings. The van der Waals surface area contributed by atoms with Crippen LogP contribution in [0, 0.1) is 0 Å². The van der Waals surface area contributed by atoms with Crippen LogP contribution in [0.15, 0.2) is 17.5 Å². The van der Waals surface area contributed by atoms with Crippen LogP contribution in [0.4, 0.5) is 0 Å². The average molecular weight is 260 g/mol. The molecule has 0 atom stereocenters. The van der Waals surface area contributed by atoms with Gasteiger partial charge < -0.3 is 22.4 Å². The first-order chi connectivity index (χ1) is 7.81. The van der Waals surface area contributed by atoms with Crippen LogP contribution in [-0.2, 0) is 18.5 Å². The van der Waals surface area contributed by atoms with Gasteiger partial charge in [-0.1, -0.05) is 18.0 Å². The quantitative estimate of drug-likeness (QED) is 0.296. The Morgan fingerprint density at radius 1 is 1.59 bits per heavy atom. The molecular weight excluding hydrogens is 242 g/mol. The predicted molar refractivity (Wildman–Crippen MR) is 58.3 cm³/mol. The highest BCUT2D eigenvalue weighted by Crippen LogP contribution is 2.21. The summed E-state index contributed by atoms with van der Waals surface area (Å²) >= 11 is 0. The van der Waals surface area contributed by atoms with Crippen LogP contribution in [0.3, 0.4) is 0 Å². The summed E-state index contributed by atoms with van der Waals surface area (Å²) in [6, 6.07) is 0. The van der Waals surface area contributed by atoms with Crippen LogP contribution in [-0.4, -0.2) is 22.1 Å². The van der Waals surface area contributed by atoms with Crippen molar-refractivity contribution in [2.75, 3.05) is 0 Å². The minimum atomic E-state index is 0. The standard InChI is InChI=1S/C11H17N3O2.ClH/c1-13-6-7-14(11(13)8-12-15)9-16-10-4-2-3-5-10;/h6-8,10H,2-5,9H2,1H3;1H. The van der Waals surface area contributed by atoms with Crippen molar-refractivity contribution in [2.45, 2.75) is 38.5 Å². The van der Waals surface area contributed by atoms with E-state index in [-0.39, 0.29) is 12.4 Å². The highest BCUT2D eigenvalue weighted by Gasteiger charge is 2.18. The highest BCUT2D eigenvalue weighted by molar-refractivity contribution is 5.72. The lowest BCUT2D eigenvalue weighted by Gasteiger charge is -2.08. The Morgan fingerprint density at radius 3 is 2.94 bits per heavy atom. The first kappa shape index (κ1) is 14.0. The number of imidazole rings is 1. The molecule has 17 heavy (non-hydrogen) atoms. The van der Waals surface area contributed by atoms with Gasteiger partial charge in [0, 0.05) is 0 Å². The molecule has 2 rings (SSSR count). The summed E-state index contributed by atoms with van der Waals surface area (Å²) in [6.07, 6.45) is 10.5. The van der Waals surface area contributed by atoms with E-state index >= 15 is 0 Å². The van der Waals surface area contributed by atoms with Crippen LogP contribution in [0.1, 0.15) is 31.5 Å². The van der Waals surface area contributed by atoms with Crippen molar-refractivity contribution in [1.82, 2.24) is 4.57 Å². The Balaban J connectivity index is 0.00000144. The molecule has 0 unspecified atom stereocenters. The van der Waals surface area contributed by atoms with Crippen molar-refractivity contribution >= 4 is 6.21 Å². The molecule has 0 aromatic carbocycles. The first-order valence-corrected chi connectivity index (χ1v) is 5.65. The Kier molecular flexibility index (Phi) is 5.44. The zero-order chi connectivity index (χ0) is 11.4. The molecule has 0 saturated heterocycles. The van der Waals surface area contributed by atoms with E-state index in [1.54, 1.807) is 0 Å². The van der Waals surface area contributed by atoms with Gasteiger partial charge in [-0.2, -0.15) is 0 Å². The van der Waals surface area contributed by atoms with E-state index in [0.717, 1.165) is 18.7 Å². The number of oxime groups is 1. The summed E-state index contributed by atoms with van der Waals surface area (Å²) in [5.74, 6) is 0.820. The average Bonchev–Trinajstić information content (AvgIpc) is 2.89. The van der Waals surface area contributed by atoms with Crippen LogP contribution in [0.2, 0.25) is 0 Å². The summed E-state index contributed by atoms with van der Waals surface area (Å²) in [6.45, 7) is 0.521. The van der Waals surface area contributed by atoms with Crippen molar-refractivity contribution < 1.29 is 26.9 Å². The third kappa shape index (κ3) is 3.44. The number of aromatic nitrogens is 2. The van der Waals surface area contributed by atoms with E-state index in [9.17, 15) is 0 Å². The summed E-state index contributed by atoms with van der Waals surface area (Å²) in [5.41, 5.74) is 0. The topological polar surface area (TPSA) is 50.6 Å². The molecule has 1 aliphatic rings. The molecule has 5 nitrogen and oxygen atoms in total. The SMILES string of the molecule is C[n+]1ccn(COC2CCCC2)c1/C=N/O.[Cl-]. The number of aryl methyl sites for hydroxylation is 1. The normalized spacial score (nSPS) is 16.5. The second-order valence-electron chi connectivity index (χ2n) is 4.18. The van der Waals surface area contributed by atoms with Crippen molar-refractivity contribution in [3.05, 3.63) is 18.2 Å². The van der Waals surface area contributed by atoms with Crippen LogP contribution < -0.4 is 17.0 Å². The summed E-state index contributed by atoms with van der Waals surface area (Å²) in [4.78, 5) is 0. The largest absolute Gasteiger partial charge is 1.00 e. The van der Waals surface area contributed by atoms with Gasteiger partial charge in [0.15, 0.2) is 12.9 Å². The molecule has 6 heteroatoms. The molecule has 1 aliphatic carbocycles. The van der Waals surface area contributed by atoms with Gasteiger partial charge in [-0.25, -0.2) is 9.13 Å². The number of nitrogens with zero attached hydrogens (tertiary/aromatic N) is 3. The second-order valence-corrected chi connectivity index (χ2v) is 4.18. The molecule has 1 fully saturated rings. The molecular formula is C11H18ClN3O2. The van der Waals surface area contributed by atoms with Crippen molar-refractivity contribution in [3.8, 4) is 0 Å². The van der Waals surface area contributed by atoms with E-state index in [0.29, 0.717) is 12.8 Å². The first-order valence-electron chi connectivity index (χ1n) is 5.65. The second kappa shape index (κ2) is 6.61. The zero-order valence-corrected chi connectivity index (χ0v) is 10.7. The number of ether oxygens (including phenoxy) is 1. The molecule has 1 N–H and O–H groups in total. The number of hydrogen-bond acceptors (Lipinski definition) is 3. The maximum Gasteiger partial charge on any atom is 0.305 e. The Labute approximate surface area is 107 Å². The minimum absolute atomic E-state index is 0. The van der Waals surface area contributed by atoms with E-state index in [4.69, 9.17) is 9.94 Å². The van der Waals surface area contributed by atoms with Gasteiger partial charge in [-0.15, -0.1) is 0 Å². The third-order valence-electron chi connectivity index (χ3n) is 3.05. The van der Waals surface area contributed by atoms with Gasteiger partial charge in [0.2, 0.25) is 0 Å². The summed E-state index contributed by atoms with van der Waals surface area (Å²) in [7, 11) is 1.91. The van der Waals surface area contributed by atoms with Gasteiger partial charge in [0.05, 0.1) is 13.2 Å². The fourth-order valence-electron chi connectivity index (χ4n) is 2.10. The fourth-order valence-corrected chi connectivity index (χ4v) is 2.10. The number of rotatable bonds is 4. The summed E-state index contributed by atoms with van der Waals surface area (Å²) in [5, 5.41) is 11.6. The fraction of sp³-hybridized carbons (Fsp3) is 0.636. The maximum absolute atomic E-state index is 8.57. The van der Waals surface area contributed by atoms with E-state index in [1.807, 2.05) is 28.6 Å². The molecule has 0 spiro atoms. The van der Waals surface area contributed by atoms with Crippen LogP contribution in [0.5, 0.6) is 0 Å². The van der Waals surface area contributed by atoms with Gasteiger partial charge in [-0.05, 0) is 12.8 Å². The molecule has 0 radical (unpaired) electrons. The molecule has 0 aliphatic heterocycles. The monoisotopic (exact) mass is 259 g/mol. The van der Waals surface area contributed by atoms with Crippen molar-refractivity contribution in [2.24, 2.45) is 12.2 Å². The smallest absolute Gasteiger partial charge is 0.305 e. The van der Waals surface area contributed by atoms with Crippen molar-refractivity contribution in [3.63, 3.8) is 0 Å². The van der Waals surface area contributed by atoms with Gasteiger partial charge in [-0.3, -0.25) is 0 Å². The Morgan fingerprint density at radius 2 is 2.29 bits per heavy atom. The minimum Gasteiger partial charge on any atom is -1.00 e. The zero-order valence-electron chi connectivity index (χ0n) is 9.92. The Hall–Kier alpha value is -1.07. The molecule has 96 valence electrons. The molecule has 1 heterocycles. The lowest BCUT2D eigenvalue weighted by atomic mass is 10.3. The molecule has 1 saturated carbocycles. The van der Waals surface area contributed by atoms with E-state index < -0.39 is 0 Å². The molecule has 1 aromatic heterocycles. The van der Waals surface area contributed by atoms with E-state index in [2.05, 4.69) is 5.16 Å². The van der Waals surface area contributed by atoms with Gasteiger partial charge in [0.25, 0.3) is 0 Å². The summed E-state index contributed by atoms with van der Waals surface area (Å²) < 4.78 is 9.61. The number of halogens is 1. The highest BCUT2D eigenvalue weighted by atomic mass is 35.5. The predicted octanol–water partition coefficient (Wildman–Crippen LogP) is -1.96. The van der Waals surface area contributed by atoms with Crippen LogP contribution >= 0.6 is 0 Å². The Bertz CT molecular complexity index is 373. The lowest BCUT2D eigenvalue weighted by Crippen LogP contribution is -3.00.